The minimum absolute atomic E-state index is 0.557. The van der Waals surface area contributed by atoms with Gasteiger partial charge in [-0.3, -0.25) is 9.80 Å². The number of nitrogens with zero attached hydrogens (tertiary/aromatic N) is 2. The van der Waals surface area contributed by atoms with Gasteiger partial charge in [0.05, 0.1) is 0 Å². The van der Waals surface area contributed by atoms with Gasteiger partial charge in [-0.2, -0.15) is 0 Å². The van der Waals surface area contributed by atoms with Crippen LogP contribution in [0.15, 0.2) is 30.3 Å². The first kappa shape index (κ1) is 11.4. The first-order valence-corrected chi connectivity index (χ1v) is 4.61. The van der Waals surface area contributed by atoms with Crippen molar-refractivity contribution in [1.29, 1.82) is 0 Å². The van der Waals surface area contributed by atoms with Crippen LogP contribution in [-0.4, -0.2) is 36.8 Å². The Balaban J connectivity index is 2.97. The van der Waals surface area contributed by atoms with E-state index in [0.29, 0.717) is 6.41 Å². The Kier molecular flexibility index (Phi) is 4.00. The Bertz CT molecular complexity index is 325. The summed E-state index contributed by atoms with van der Waals surface area (Å²) >= 11 is 0. The second-order valence-electron chi connectivity index (χ2n) is 3.32. The molecule has 1 amide bonds. The van der Waals surface area contributed by atoms with Crippen LogP contribution < -0.4 is 0 Å². The van der Waals surface area contributed by atoms with Crippen molar-refractivity contribution < 1.29 is 9.59 Å². The van der Waals surface area contributed by atoms with Gasteiger partial charge in [-0.25, -0.2) is 5.01 Å². The fraction of sp³-hybridized carbons (Fsp3) is 0.273. The van der Waals surface area contributed by atoms with Crippen molar-refractivity contribution >= 4 is 12.7 Å². The molecule has 4 heteroatoms. The van der Waals surface area contributed by atoms with E-state index in [1.54, 1.807) is 19.1 Å². The highest BCUT2D eigenvalue weighted by atomic mass is 16.2. The zero-order valence-corrected chi connectivity index (χ0v) is 8.83. The number of benzene rings is 1. The number of rotatable bonds is 5. The Morgan fingerprint density at radius 3 is 2.13 bits per heavy atom. The third kappa shape index (κ3) is 2.63. The predicted octanol–water partition coefficient (Wildman–Crippen LogP) is 0.862. The summed E-state index contributed by atoms with van der Waals surface area (Å²) < 4.78 is 0. The van der Waals surface area contributed by atoms with E-state index in [9.17, 15) is 9.59 Å². The number of amides is 1. The summed E-state index contributed by atoms with van der Waals surface area (Å²) in [5.74, 6) is 0. The third-order valence-electron chi connectivity index (χ3n) is 2.12. The fourth-order valence-electron chi connectivity index (χ4n) is 1.35. The minimum atomic E-state index is -0.557. The van der Waals surface area contributed by atoms with E-state index in [4.69, 9.17) is 0 Å². The summed E-state index contributed by atoms with van der Waals surface area (Å²) in [4.78, 5) is 21.8. The molecule has 15 heavy (non-hydrogen) atoms. The molecular weight excluding hydrogens is 192 g/mol. The van der Waals surface area contributed by atoms with E-state index >= 15 is 0 Å². The first-order chi connectivity index (χ1) is 7.20. The van der Waals surface area contributed by atoms with E-state index in [-0.39, 0.29) is 0 Å². The monoisotopic (exact) mass is 206 g/mol. The summed E-state index contributed by atoms with van der Waals surface area (Å²) in [6.07, 6.45) is 1.40. The molecule has 0 spiro atoms. The molecule has 0 fully saturated rings. The standard InChI is InChI=1S/C11H14N2O2/c1-12(2)13(9-15)11(8-14)10-6-4-3-5-7-10/h3-9,11H,1-2H3/t11-/m0/s1. The van der Waals surface area contributed by atoms with Crippen LogP contribution in [0.1, 0.15) is 11.6 Å². The van der Waals surface area contributed by atoms with Gasteiger partial charge in [0.1, 0.15) is 12.3 Å². The summed E-state index contributed by atoms with van der Waals surface area (Å²) in [6.45, 7) is 0. The summed E-state index contributed by atoms with van der Waals surface area (Å²) in [7, 11) is 3.43. The van der Waals surface area contributed by atoms with Crippen molar-refractivity contribution in [2.75, 3.05) is 14.1 Å². The molecule has 1 rings (SSSR count). The van der Waals surface area contributed by atoms with Crippen molar-refractivity contribution in [2.45, 2.75) is 6.04 Å². The van der Waals surface area contributed by atoms with Gasteiger partial charge in [-0.1, -0.05) is 30.3 Å². The number of hydrogen-bond donors (Lipinski definition) is 0. The van der Waals surface area contributed by atoms with Crippen molar-refractivity contribution in [1.82, 2.24) is 10.0 Å². The maximum absolute atomic E-state index is 11.0. The Hall–Kier alpha value is -1.68. The zero-order valence-electron chi connectivity index (χ0n) is 8.83. The Morgan fingerprint density at radius 2 is 1.73 bits per heavy atom. The van der Waals surface area contributed by atoms with E-state index in [1.807, 2.05) is 30.3 Å². The van der Waals surface area contributed by atoms with Crippen LogP contribution >= 0.6 is 0 Å². The lowest BCUT2D eigenvalue weighted by molar-refractivity contribution is -0.140. The molecule has 0 bridgehead atoms. The highest BCUT2D eigenvalue weighted by Gasteiger charge is 2.19. The van der Waals surface area contributed by atoms with Gasteiger partial charge < -0.3 is 4.79 Å². The molecule has 0 saturated heterocycles. The van der Waals surface area contributed by atoms with E-state index < -0.39 is 6.04 Å². The third-order valence-corrected chi connectivity index (χ3v) is 2.12. The van der Waals surface area contributed by atoms with Gasteiger partial charge in [0.25, 0.3) is 0 Å². The average Bonchev–Trinajstić information content (AvgIpc) is 2.26. The van der Waals surface area contributed by atoms with Crippen molar-refractivity contribution in [3.8, 4) is 0 Å². The molecule has 4 nitrogen and oxygen atoms in total. The molecule has 0 aromatic heterocycles. The molecule has 0 radical (unpaired) electrons. The van der Waals surface area contributed by atoms with E-state index in [2.05, 4.69) is 0 Å². The van der Waals surface area contributed by atoms with Crippen LogP contribution in [0, 0.1) is 0 Å². The molecule has 1 aromatic rings. The van der Waals surface area contributed by atoms with Crippen molar-refractivity contribution in [3.63, 3.8) is 0 Å². The van der Waals surface area contributed by atoms with Crippen LogP contribution in [-0.2, 0) is 9.59 Å². The molecule has 1 atom stereocenters. The molecule has 0 aliphatic heterocycles. The van der Waals surface area contributed by atoms with Crippen molar-refractivity contribution in [3.05, 3.63) is 35.9 Å². The zero-order chi connectivity index (χ0) is 11.3. The average molecular weight is 206 g/mol. The highest BCUT2D eigenvalue weighted by Crippen LogP contribution is 2.17. The first-order valence-electron chi connectivity index (χ1n) is 4.61. The summed E-state index contributed by atoms with van der Waals surface area (Å²) in [5, 5.41) is 2.92. The molecule has 80 valence electrons. The van der Waals surface area contributed by atoms with Crippen LogP contribution in [0.3, 0.4) is 0 Å². The summed E-state index contributed by atoms with van der Waals surface area (Å²) in [6, 6.07) is 8.62. The van der Waals surface area contributed by atoms with Gasteiger partial charge in [0.2, 0.25) is 6.41 Å². The molecule has 0 saturated carbocycles. The summed E-state index contributed by atoms with van der Waals surface area (Å²) in [5.41, 5.74) is 0.799. The lowest BCUT2D eigenvalue weighted by Gasteiger charge is -2.29. The predicted molar refractivity (Wildman–Crippen MR) is 56.8 cm³/mol. The fourth-order valence-corrected chi connectivity index (χ4v) is 1.35. The minimum Gasteiger partial charge on any atom is -0.301 e. The maximum atomic E-state index is 11.0. The van der Waals surface area contributed by atoms with Crippen LogP contribution in [0.25, 0.3) is 0 Å². The quantitative estimate of drug-likeness (QED) is 0.530. The largest absolute Gasteiger partial charge is 0.301 e. The number of carbonyl (C=O) groups excluding carboxylic acids is 2. The van der Waals surface area contributed by atoms with Crippen LogP contribution in [0.4, 0.5) is 0 Å². The number of aldehydes is 1. The second-order valence-corrected chi connectivity index (χ2v) is 3.32. The number of hydrazine groups is 1. The number of carbonyl (C=O) groups is 2. The van der Waals surface area contributed by atoms with E-state index in [1.165, 1.54) is 5.01 Å². The van der Waals surface area contributed by atoms with Crippen molar-refractivity contribution in [2.24, 2.45) is 0 Å². The lowest BCUT2D eigenvalue weighted by atomic mass is 10.1. The Labute approximate surface area is 89.1 Å². The molecule has 0 unspecified atom stereocenters. The van der Waals surface area contributed by atoms with Gasteiger partial charge in [-0.05, 0) is 5.56 Å². The Morgan fingerprint density at radius 1 is 1.13 bits per heavy atom. The SMILES string of the molecule is CN(C)N(C=O)[C@@H](C=O)c1ccccc1. The second kappa shape index (κ2) is 5.26. The van der Waals surface area contributed by atoms with Gasteiger partial charge in [0, 0.05) is 14.1 Å². The molecule has 0 aliphatic rings. The number of hydrogen-bond acceptors (Lipinski definition) is 3. The van der Waals surface area contributed by atoms with Gasteiger partial charge in [-0.15, -0.1) is 0 Å². The molecule has 0 aliphatic carbocycles. The van der Waals surface area contributed by atoms with Gasteiger partial charge in [0.15, 0.2) is 0 Å². The van der Waals surface area contributed by atoms with E-state index in [0.717, 1.165) is 11.8 Å². The van der Waals surface area contributed by atoms with Crippen LogP contribution in [0.5, 0.6) is 0 Å². The molecule has 0 N–H and O–H groups in total. The highest BCUT2D eigenvalue weighted by molar-refractivity contribution is 5.66. The molecule has 1 aromatic carbocycles. The smallest absolute Gasteiger partial charge is 0.225 e. The molecule has 0 heterocycles. The maximum Gasteiger partial charge on any atom is 0.225 e. The topological polar surface area (TPSA) is 40.6 Å². The molecular formula is C11H14N2O2. The lowest BCUT2D eigenvalue weighted by Crippen LogP contribution is -2.39. The normalized spacial score (nSPS) is 12.2. The van der Waals surface area contributed by atoms with Crippen LogP contribution in [0.2, 0.25) is 0 Å². The van der Waals surface area contributed by atoms with Gasteiger partial charge >= 0.3 is 0 Å².